The lowest BCUT2D eigenvalue weighted by atomic mass is 10.0. The SMILES string of the molecule is [Br-].[Br-].c1ccc([P+](Cc2ccc(CCc3ccc(C[P+](c4ccccc4)(c4ccccc4)c4ccccc4)cc3)cc2)(c2ccccc2)c2ccccc2)cc1. The smallest absolute Gasteiger partial charge is 0.116 e. The molecule has 0 amide bonds. The Labute approximate surface area is 355 Å². The second-order valence-corrected chi connectivity index (χ2v) is 21.1. The molecule has 0 radical (unpaired) electrons. The van der Waals surface area contributed by atoms with Gasteiger partial charge < -0.3 is 34.0 Å². The van der Waals surface area contributed by atoms with E-state index in [2.05, 4.69) is 231 Å². The van der Waals surface area contributed by atoms with Gasteiger partial charge in [0.15, 0.2) is 0 Å². The highest BCUT2D eigenvalue weighted by atomic mass is 79.9. The summed E-state index contributed by atoms with van der Waals surface area (Å²) >= 11 is 0. The Bertz CT molecular complexity index is 1970. The van der Waals surface area contributed by atoms with Crippen LogP contribution in [-0.2, 0) is 25.2 Å². The fourth-order valence-electron chi connectivity index (χ4n) is 8.00. The first-order valence-corrected chi connectivity index (χ1v) is 22.9. The van der Waals surface area contributed by atoms with Crippen molar-refractivity contribution < 1.29 is 34.0 Å². The number of benzene rings is 8. The lowest BCUT2D eigenvalue weighted by molar-refractivity contribution is -0.001000. The molecule has 278 valence electrons. The van der Waals surface area contributed by atoms with Crippen molar-refractivity contribution in [2.24, 2.45) is 0 Å². The van der Waals surface area contributed by atoms with Gasteiger partial charge in [0.25, 0.3) is 0 Å². The van der Waals surface area contributed by atoms with Crippen molar-refractivity contribution in [1.29, 1.82) is 0 Å². The van der Waals surface area contributed by atoms with Gasteiger partial charge in [0.2, 0.25) is 0 Å². The Morgan fingerprint density at radius 3 is 0.589 bits per heavy atom. The molecule has 56 heavy (non-hydrogen) atoms. The lowest BCUT2D eigenvalue weighted by Crippen LogP contribution is -3.00. The van der Waals surface area contributed by atoms with Crippen LogP contribution in [0.3, 0.4) is 0 Å². The van der Waals surface area contributed by atoms with E-state index in [1.54, 1.807) is 0 Å². The van der Waals surface area contributed by atoms with Crippen molar-refractivity contribution in [2.45, 2.75) is 25.2 Å². The molecule has 0 unspecified atom stereocenters. The highest BCUT2D eigenvalue weighted by Crippen LogP contribution is 2.59. The summed E-state index contributed by atoms with van der Waals surface area (Å²) in [6.45, 7) is 0. The molecule has 0 aliphatic rings. The van der Waals surface area contributed by atoms with Gasteiger partial charge in [0, 0.05) is 0 Å². The van der Waals surface area contributed by atoms with Crippen LogP contribution in [0.4, 0.5) is 0 Å². The molecule has 0 N–H and O–H groups in total. The molecule has 0 saturated heterocycles. The molecular formula is C52H46Br2P2. The molecule has 0 atom stereocenters. The van der Waals surface area contributed by atoms with Gasteiger partial charge in [-0.3, -0.25) is 0 Å². The summed E-state index contributed by atoms with van der Waals surface area (Å²) in [7, 11) is -3.86. The van der Waals surface area contributed by atoms with Crippen LogP contribution in [0, 0.1) is 0 Å². The van der Waals surface area contributed by atoms with Gasteiger partial charge in [-0.15, -0.1) is 0 Å². The van der Waals surface area contributed by atoms with Crippen molar-refractivity contribution in [2.75, 3.05) is 0 Å². The average molecular weight is 893 g/mol. The predicted molar refractivity (Wildman–Crippen MR) is 238 cm³/mol. The van der Waals surface area contributed by atoms with Crippen molar-refractivity contribution in [3.8, 4) is 0 Å². The van der Waals surface area contributed by atoms with Crippen LogP contribution in [0.25, 0.3) is 0 Å². The van der Waals surface area contributed by atoms with Crippen LogP contribution in [0.15, 0.2) is 231 Å². The minimum atomic E-state index is -1.93. The molecule has 0 saturated carbocycles. The zero-order chi connectivity index (χ0) is 36.5. The lowest BCUT2D eigenvalue weighted by Gasteiger charge is -2.28. The maximum Gasteiger partial charge on any atom is 0.116 e. The number of hydrogen-bond acceptors (Lipinski definition) is 0. The van der Waals surface area contributed by atoms with E-state index in [9.17, 15) is 0 Å². The molecule has 0 aromatic heterocycles. The second kappa shape index (κ2) is 19.6. The van der Waals surface area contributed by atoms with Crippen LogP contribution >= 0.6 is 14.5 Å². The summed E-state index contributed by atoms with van der Waals surface area (Å²) in [4.78, 5) is 0. The molecule has 8 aromatic rings. The van der Waals surface area contributed by atoms with E-state index < -0.39 is 14.5 Å². The standard InChI is InChI=1S/C52H46P2.2BrH/c1-7-19-47(20-8-1)53(48-21-9-2-10-22-48,49-23-11-3-12-24-49)41-45-37-33-43(34-38-45)31-32-44-35-39-46(40-36-44)42-54(50-25-13-4-14-26-50,51-27-15-5-16-28-51)52-29-17-6-18-30-52;;/h1-30,33-40H,31-32,41-42H2;2*1H/q+2;;/p-2. The number of aryl methyl sites for hydroxylation is 2. The van der Waals surface area contributed by atoms with Crippen LogP contribution in [-0.4, -0.2) is 0 Å². The van der Waals surface area contributed by atoms with Crippen LogP contribution in [0.1, 0.15) is 22.3 Å². The van der Waals surface area contributed by atoms with Gasteiger partial charge in [0.1, 0.15) is 46.4 Å². The van der Waals surface area contributed by atoms with Crippen molar-refractivity contribution in [1.82, 2.24) is 0 Å². The summed E-state index contributed by atoms with van der Waals surface area (Å²) in [5.74, 6) is 0. The van der Waals surface area contributed by atoms with E-state index in [-0.39, 0.29) is 34.0 Å². The van der Waals surface area contributed by atoms with Crippen LogP contribution in [0.5, 0.6) is 0 Å². The maximum absolute atomic E-state index is 2.38. The number of rotatable bonds is 13. The quantitative estimate of drug-likeness (QED) is 0.150. The third-order valence-corrected chi connectivity index (χ3v) is 19.5. The first-order valence-electron chi connectivity index (χ1n) is 19.0. The highest BCUT2D eigenvalue weighted by Gasteiger charge is 2.46. The molecule has 8 rings (SSSR count). The Kier molecular flexibility index (Phi) is 14.5. The summed E-state index contributed by atoms with van der Waals surface area (Å²) < 4.78 is 0. The van der Waals surface area contributed by atoms with E-state index in [0.717, 1.165) is 25.2 Å². The molecule has 8 aromatic carbocycles. The van der Waals surface area contributed by atoms with Gasteiger partial charge >= 0.3 is 0 Å². The normalized spacial score (nSPS) is 11.2. The van der Waals surface area contributed by atoms with E-state index >= 15 is 0 Å². The largest absolute Gasteiger partial charge is 1.00 e. The zero-order valence-corrected chi connectivity index (χ0v) is 36.4. The maximum atomic E-state index is 2.38. The van der Waals surface area contributed by atoms with Gasteiger partial charge in [-0.2, -0.15) is 0 Å². The molecular weight excluding hydrogens is 846 g/mol. The van der Waals surface area contributed by atoms with Crippen molar-refractivity contribution >= 4 is 46.4 Å². The molecule has 0 aliphatic heterocycles. The monoisotopic (exact) mass is 890 g/mol. The number of halogens is 2. The molecule has 4 heteroatoms. The van der Waals surface area contributed by atoms with E-state index in [1.807, 2.05) is 0 Å². The topological polar surface area (TPSA) is 0 Å². The third-order valence-electron chi connectivity index (χ3n) is 10.8. The van der Waals surface area contributed by atoms with Crippen LogP contribution < -0.4 is 65.8 Å². The van der Waals surface area contributed by atoms with Gasteiger partial charge in [-0.05, 0) is 108 Å². The summed E-state index contributed by atoms with van der Waals surface area (Å²) in [5.41, 5.74) is 5.53. The summed E-state index contributed by atoms with van der Waals surface area (Å²) in [6, 6.07) is 86.1. The Hall–Kier alpha value is -4.42. The second-order valence-electron chi connectivity index (χ2n) is 14.1. The Morgan fingerprint density at radius 2 is 0.393 bits per heavy atom. The van der Waals surface area contributed by atoms with E-state index in [4.69, 9.17) is 0 Å². The van der Waals surface area contributed by atoms with E-state index in [0.29, 0.717) is 0 Å². The fourth-order valence-corrected chi connectivity index (χ4v) is 16.5. The first-order chi connectivity index (χ1) is 26.7. The average Bonchev–Trinajstić information content (AvgIpc) is 3.27. The predicted octanol–water partition coefficient (Wildman–Crippen LogP) is 4.47. The molecule has 0 spiro atoms. The summed E-state index contributed by atoms with van der Waals surface area (Å²) in [6.07, 6.45) is 4.02. The summed E-state index contributed by atoms with van der Waals surface area (Å²) in [5, 5.41) is 8.53. The van der Waals surface area contributed by atoms with Gasteiger partial charge in [0.05, 0.1) is 12.3 Å². The van der Waals surface area contributed by atoms with Gasteiger partial charge in [-0.25, -0.2) is 0 Å². The van der Waals surface area contributed by atoms with Crippen molar-refractivity contribution in [3.63, 3.8) is 0 Å². The molecule has 0 fully saturated rings. The highest BCUT2D eigenvalue weighted by molar-refractivity contribution is 7.95. The van der Waals surface area contributed by atoms with Crippen molar-refractivity contribution in [3.05, 3.63) is 253 Å². The Morgan fingerprint density at radius 1 is 0.214 bits per heavy atom. The zero-order valence-electron chi connectivity index (χ0n) is 31.4. The van der Waals surface area contributed by atoms with E-state index in [1.165, 1.54) is 54.1 Å². The molecule has 0 nitrogen and oxygen atoms in total. The number of hydrogen-bond donors (Lipinski definition) is 0. The first kappa shape index (κ1) is 41.2. The minimum Gasteiger partial charge on any atom is -1.00 e. The molecule has 0 bridgehead atoms. The Balaban J connectivity index is 0.00000266. The molecule has 0 heterocycles. The van der Waals surface area contributed by atoms with Gasteiger partial charge in [-0.1, -0.05) is 158 Å². The fraction of sp³-hybridized carbons (Fsp3) is 0.0769. The third kappa shape index (κ3) is 8.91. The minimum absolute atomic E-state index is 0. The van der Waals surface area contributed by atoms with Crippen LogP contribution in [0.2, 0.25) is 0 Å². The molecule has 0 aliphatic carbocycles.